The fourth-order valence-electron chi connectivity index (χ4n) is 2.79. The molecule has 2 rings (SSSR count). The molecule has 0 bridgehead atoms. The summed E-state index contributed by atoms with van der Waals surface area (Å²) >= 11 is 0. The second-order valence-electron chi connectivity index (χ2n) is 5.79. The van der Waals surface area contributed by atoms with Crippen molar-refractivity contribution in [3.63, 3.8) is 0 Å². The van der Waals surface area contributed by atoms with Crippen molar-refractivity contribution in [2.24, 2.45) is 5.92 Å². The van der Waals surface area contributed by atoms with E-state index in [1.165, 1.54) is 30.5 Å². The molecule has 0 spiro atoms. The lowest BCUT2D eigenvalue weighted by Gasteiger charge is -2.15. The molecular weight excluding hydrogens is 224 g/mol. The molecule has 1 N–H and O–H groups in total. The van der Waals surface area contributed by atoms with Gasteiger partial charge in [-0.15, -0.1) is 0 Å². The molecule has 0 saturated carbocycles. The Labute approximate surface area is 110 Å². The molecule has 1 aliphatic carbocycles. The third kappa shape index (κ3) is 3.52. The Morgan fingerprint density at radius 2 is 1.94 bits per heavy atom. The first-order valence-corrected chi connectivity index (χ1v) is 7.16. The Hall–Kier alpha value is -0.960. The molecule has 0 aliphatic heterocycles. The molecule has 0 aromatic carbocycles. The first-order valence-electron chi connectivity index (χ1n) is 7.16. The number of rotatable bonds is 4. The van der Waals surface area contributed by atoms with E-state index in [-0.39, 0.29) is 6.10 Å². The highest BCUT2D eigenvalue weighted by molar-refractivity contribution is 5.26. The molecule has 0 fully saturated rings. The van der Waals surface area contributed by atoms with E-state index in [0.29, 0.717) is 12.3 Å². The van der Waals surface area contributed by atoms with E-state index in [1.807, 2.05) is 0 Å². The van der Waals surface area contributed by atoms with Gasteiger partial charge in [0.05, 0.1) is 6.10 Å². The van der Waals surface area contributed by atoms with Gasteiger partial charge < -0.3 is 5.11 Å². The van der Waals surface area contributed by atoms with Crippen LogP contribution in [0.25, 0.3) is 0 Å². The lowest BCUT2D eigenvalue weighted by atomic mass is 9.98. The summed E-state index contributed by atoms with van der Waals surface area (Å²) in [6.07, 6.45) is 8.83. The van der Waals surface area contributed by atoms with Gasteiger partial charge in [-0.25, -0.2) is 9.97 Å². The molecule has 1 unspecified atom stereocenters. The molecule has 100 valence electrons. The van der Waals surface area contributed by atoms with E-state index in [0.717, 1.165) is 25.0 Å². The molecule has 0 radical (unpaired) electrons. The van der Waals surface area contributed by atoms with Gasteiger partial charge in [-0.05, 0) is 43.6 Å². The van der Waals surface area contributed by atoms with Crippen LogP contribution in [0.1, 0.15) is 56.5 Å². The molecule has 1 aromatic heterocycles. The summed E-state index contributed by atoms with van der Waals surface area (Å²) in [5.41, 5.74) is 3.61. The molecule has 0 saturated heterocycles. The zero-order valence-corrected chi connectivity index (χ0v) is 11.5. The van der Waals surface area contributed by atoms with Crippen LogP contribution in [0.3, 0.4) is 0 Å². The zero-order chi connectivity index (χ0) is 13.0. The molecule has 18 heavy (non-hydrogen) atoms. The highest BCUT2D eigenvalue weighted by atomic mass is 16.3. The van der Waals surface area contributed by atoms with Crippen molar-refractivity contribution in [2.75, 3.05) is 0 Å². The number of aromatic nitrogens is 2. The highest BCUT2D eigenvalue weighted by Gasteiger charge is 2.17. The monoisotopic (exact) mass is 248 g/mol. The molecule has 0 amide bonds. The number of nitrogens with zero attached hydrogens (tertiary/aromatic N) is 2. The normalized spacial score (nSPS) is 17.3. The van der Waals surface area contributed by atoms with Gasteiger partial charge >= 0.3 is 0 Å². The Bertz CT molecular complexity index is 390. The highest BCUT2D eigenvalue weighted by Crippen LogP contribution is 2.22. The second-order valence-corrected chi connectivity index (χ2v) is 5.79. The molecule has 1 aliphatic rings. The van der Waals surface area contributed by atoms with Crippen LogP contribution < -0.4 is 0 Å². The molecule has 1 heterocycles. The smallest absolute Gasteiger partial charge is 0.115 e. The van der Waals surface area contributed by atoms with Crippen LogP contribution in [0, 0.1) is 5.92 Å². The molecule has 3 nitrogen and oxygen atoms in total. The van der Waals surface area contributed by atoms with Gasteiger partial charge in [-0.3, -0.25) is 0 Å². The van der Waals surface area contributed by atoms with Crippen LogP contribution in [0.5, 0.6) is 0 Å². The maximum Gasteiger partial charge on any atom is 0.115 e. The van der Waals surface area contributed by atoms with E-state index in [1.54, 1.807) is 6.33 Å². The van der Waals surface area contributed by atoms with Gasteiger partial charge in [0, 0.05) is 17.8 Å². The molecule has 1 aromatic rings. The van der Waals surface area contributed by atoms with E-state index in [2.05, 4.69) is 23.8 Å². The van der Waals surface area contributed by atoms with Crippen molar-refractivity contribution < 1.29 is 5.11 Å². The van der Waals surface area contributed by atoms with Crippen LogP contribution >= 0.6 is 0 Å². The molecule has 1 atom stereocenters. The number of aliphatic hydroxyl groups is 1. The minimum Gasteiger partial charge on any atom is -0.393 e. The van der Waals surface area contributed by atoms with Gasteiger partial charge in [-0.2, -0.15) is 0 Å². The Balaban J connectivity index is 2.13. The quantitative estimate of drug-likeness (QED) is 0.833. The summed E-state index contributed by atoms with van der Waals surface area (Å²) in [5.74, 6) is 0.528. The number of hydrogen-bond donors (Lipinski definition) is 1. The van der Waals surface area contributed by atoms with Crippen molar-refractivity contribution in [1.29, 1.82) is 0 Å². The molecular formula is C15H24N2O. The SMILES string of the molecule is CC(C)CC(O)Cc1ncnc2c1CCCCC2. The molecule has 3 heteroatoms. The fourth-order valence-corrected chi connectivity index (χ4v) is 2.79. The summed E-state index contributed by atoms with van der Waals surface area (Å²) in [6.45, 7) is 4.29. The second kappa shape index (κ2) is 6.28. The number of fused-ring (bicyclic) bond motifs is 1. The van der Waals surface area contributed by atoms with Crippen LogP contribution in [-0.4, -0.2) is 21.2 Å². The van der Waals surface area contributed by atoms with Crippen LogP contribution in [-0.2, 0) is 19.3 Å². The number of aliphatic hydroxyl groups excluding tert-OH is 1. The summed E-state index contributed by atoms with van der Waals surface area (Å²) in [6, 6.07) is 0. The third-order valence-corrected chi connectivity index (χ3v) is 3.64. The van der Waals surface area contributed by atoms with Gasteiger partial charge in [0.25, 0.3) is 0 Å². The Morgan fingerprint density at radius 3 is 2.72 bits per heavy atom. The minimum atomic E-state index is -0.271. The Kier molecular flexibility index (Phi) is 4.70. The zero-order valence-electron chi connectivity index (χ0n) is 11.5. The van der Waals surface area contributed by atoms with Gasteiger partial charge in [0.15, 0.2) is 0 Å². The summed E-state index contributed by atoms with van der Waals surface area (Å²) in [4.78, 5) is 8.83. The maximum absolute atomic E-state index is 10.1. The Morgan fingerprint density at radius 1 is 1.17 bits per heavy atom. The fraction of sp³-hybridized carbons (Fsp3) is 0.733. The lowest BCUT2D eigenvalue weighted by Crippen LogP contribution is -2.16. The van der Waals surface area contributed by atoms with Crippen LogP contribution in [0.2, 0.25) is 0 Å². The first kappa shape index (κ1) is 13.5. The first-order chi connectivity index (χ1) is 8.66. The van der Waals surface area contributed by atoms with Crippen molar-refractivity contribution in [1.82, 2.24) is 9.97 Å². The summed E-state index contributed by atoms with van der Waals surface area (Å²) in [5, 5.41) is 10.1. The van der Waals surface area contributed by atoms with E-state index >= 15 is 0 Å². The van der Waals surface area contributed by atoms with E-state index in [4.69, 9.17) is 0 Å². The van der Waals surface area contributed by atoms with Gasteiger partial charge in [-0.1, -0.05) is 20.3 Å². The average molecular weight is 248 g/mol. The predicted molar refractivity (Wildman–Crippen MR) is 72.5 cm³/mol. The largest absolute Gasteiger partial charge is 0.393 e. The maximum atomic E-state index is 10.1. The summed E-state index contributed by atoms with van der Waals surface area (Å²) in [7, 11) is 0. The number of hydrogen-bond acceptors (Lipinski definition) is 3. The predicted octanol–water partition coefficient (Wildman–Crippen LogP) is 2.70. The van der Waals surface area contributed by atoms with E-state index in [9.17, 15) is 5.11 Å². The number of aryl methyl sites for hydroxylation is 1. The third-order valence-electron chi connectivity index (χ3n) is 3.64. The lowest BCUT2D eigenvalue weighted by molar-refractivity contribution is 0.147. The topological polar surface area (TPSA) is 46.0 Å². The summed E-state index contributed by atoms with van der Waals surface area (Å²) < 4.78 is 0. The minimum absolute atomic E-state index is 0.271. The van der Waals surface area contributed by atoms with Crippen molar-refractivity contribution in [3.8, 4) is 0 Å². The van der Waals surface area contributed by atoms with Gasteiger partial charge in [0.2, 0.25) is 0 Å². The standard InChI is InChI=1S/C15H24N2O/c1-11(2)8-12(18)9-15-13-6-4-3-5-7-14(13)16-10-17-15/h10-12,18H,3-9H2,1-2H3. The van der Waals surface area contributed by atoms with Crippen LogP contribution in [0.4, 0.5) is 0 Å². The average Bonchev–Trinajstić information content (AvgIpc) is 2.53. The van der Waals surface area contributed by atoms with Crippen LogP contribution in [0.15, 0.2) is 6.33 Å². The van der Waals surface area contributed by atoms with E-state index < -0.39 is 0 Å². The van der Waals surface area contributed by atoms with Gasteiger partial charge in [0.1, 0.15) is 6.33 Å². The van der Waals surface area contributed by atoms with Crippen molar-refractivity contribution in [3.05, 3.63) is 23.3 Å². The van der Waals surface area contributed by atoms with Crippen molar-refractivity contribution >= 4 is 0 Å². The van der Waals surface area contributed by atoms with Crippen molar-refractivity contribution in [2.45, 2.75) is 64.9 Å².